The Bertz CT molecular complexity index is 627. The van der Waals surface area contributed by atoms with E-state index in [1.54, 1.807) is 6.07 Å². The highest BCUT2D eigenvalue weighted by Crippen LogP contribution is 2.32. The Hall–Kier alpha value is -1.55. The van der Waals surface area contributed by atoms with Crippen molar-refractivity contribution in [1.29, 1.82) is 0 Å². The van der Waals surface area contributed by atoms with Crippen LogP contribution in [0.1, 0.15) is 39.4 Å². The number of nitrogen functional groups attached to an aromatic ring is 1. The van der Waals surface area contributed by atoms with Gasteiger partial charge in [-0.15, -0.1) is 0 Å². The number of halogens is 2. The molecular formula is C16H21ClFN3. The molecule has 0 aliphatic rings. The third kappa shape index (κ3) is 3.38. The van der Waals surface area contributed by atoms with Gasteiger partial charge in [-0.1, -0.05) is 39.3 Å². The molecule has 0 aliphatic heterocycles. The molecule has 1 aromatic carbocycles. The molecule has 0 bridgehead atoms. The van der Waals surface area contributed by atoms with Crippen LogP contribution in [0.15, 0.2) is 18.2 Å². The second-order valence-electron chi connectivity index (χ2n) is 6.02. The number of hydrogen-bond acceptors (Lipinski definition) is 2. The van der Waals surface area contributed by atoms with Crippen molar-refractivity contribution in [3.05, 3.63) is 34.9 Å². The lowest BCUT2D eigenvalue weighted by atomic mass is 10.1. The molecule has 1 aromatic heterocycles. The van der Waals surface area contributed by atoms with Gasteiger partial charge in [-0.05, 0) is 24.1 Å². The van der Waals surface area contributed by atoms with E-state index < -0.39 is 0 Å². The maximum atomic E-state index is 13.6. The van der Waals surface area contributed by atoms with Crippen LogP contribution in [-0.2, 0) is 6.54 Å². The molecule has 0 saturated carbocycles. The van der Waals surface area contributed by atoms with Crippen LogP contribution >= 0.6 is 11.6 Å². The van der Waals surface area contributed by atoms with Gasteiger partial charge >= 0.3 is 0 Å². The molecule has 21 heavy (non-hydrogen) atoms. The molecule has 0 amide bonds. The van der Waals surface area contributed by atoms with E-state index in [9.17, 15) is 4.39 Å². The van der Waals surface area contributed by atoms with E-state index in [1.165, 1.54) is 12.1 Å². The van der Waals surface area contributed by atoms with Crippen molar-refractivity contribution in [2.45, 2.75) is 40.2 Å². The standard InChI is InChI=1S/C16H21ClFN3/c1-9(2)8-21-15(19)14(20-16(21)10(3)4)11-5-12(17)7-13(18)6-11/h5-7,9-10H,8,19H2,1-4H3. The summed E-state index contributed by atoms with van der Waals surface area (Å²) in [6.45, 7) is 9.18. The topological polar surface area (TPSA) is 43.8 Å². The van der Waals surface area contributed by atoms with Gasteiger partial charge in [-0.25, -0.2) is 9.37 Å². The van der Waals surface area contributed by atoms with Crippen LogP contribution in [0.4, 0.5) is 10.2 Å². The van der Waals surface area contributed by atoms with Crippen LogP contribution in [0.5, 0.6) is 0 Å². The summed E-state index contributed by atoms with van der Waals surface area (Å²) in [6, 6.07) is 4.37. The monoisotopic (exact) mass is 309 g/mol. The molecule has 2 aromatic rings. The summed E-state index contributed by atoms with van der Waals surface area (Å²) < 4.78 is 15.6. The molecule has 5 heteroatoms. The zero-order valence-electron chi connectivity index (χ0n) is 12.8. The van der Waals surface area contributed by atoms with Crippen molar-refractivity contribution in [3.8, 4) is 11.3 Å². The number of nitrogens with two attached hydrogens (primary N) is 1. The molecule has 0 saturated heterocycles. The van der Waals surface area contributed by atoms with Crippen LogP contribution in [0.2, 0.25) is 5.02 Å². The Labute approximate surface area is 129 Å². The zero-order chi connectivity index (χ0) is 15.7. The summed E-state index contributed by atoms with van der Waals surface area (Å²) in [5, 5.41) is 0.342. The average Bonchev–Trinajstić information content (AvgIpc) is 2.65. The van der Waals surface area contributed by atoms with E-state index in [4.69, 9.17) is 17.3 Å². The predicted molar refractivity (Wildman–Crippen MR) is 86.0 cm³/mol. The van der Waals surface area contributed by atoms with Crippen molar-refractivity contribution in [1.82, 2.24) is 9.55 Å². The van der Waals surface area contributed by atoms with Gasteiger partial charge in [-0.2, -0.15) is 0 Å². The van der Waals surface area contributed by atoms with E-state index >= 15 is 0 Å². The molecule has 2 N–H and O–H groups in total. The summed E-state index contributed by atoms with van der Waals surface area (Å²) in [4.78, 5) is 4.63. The number of nitrogens with zero attached hydrogens (tertiary/aromatic N) is 2. The van der Waals surface area contributed by atoms with Crippen molar-refractivity contribution in [3.63, 3.8) is 0 Å². The first-order valence-corrected chi connectivity index (χ1v) is 7.49. The molecule has 0 aliphatic carbocycles. The predicted octanol–water partition coefficient (Wildman–Crippen LogP) is 4.70. The Morgan fingerprint density at radius 2 is 1.90 bits per heavy atom. The van der Waals surface area contributed by atoms with Crippen molar-refractivity contribution in [2.75, 3.05) is 5.73 Å². The lowest BCUT2D eigenvalue weighted by Crippen LogP contribution is -2.12. The number of hydrogen-bond donors (Lipinski definition) is 1. The summed E-state index contributed by atoms with van der Waals surface area (Å²) in [5.74, 6) is 1.78. The van der Waals surface area contributed by atoms with Crippen molar-refractivity contribution in [2.24, 2.45) is 5.92 Å². The largest absolute Gasteiger partial charge is 0.383 e. The Morgan fingerprint density at radius 1 is 1.24 bits per heavy atom. The average molecular weight is 310 g/mol. The van der Waals surface area contributed by atoms with Crippen LogP contribution in [-0.4, -0.2) is 9.55 Å². The smallest absolute Gasteiger partial charge is 0.131 e. The Kier molecular flexibility index (Phi) is 4.57. The van der Waals surface area contributed by atoms with E-state index in [2.05, 4.69) is 32.7 Å². The van der Waals surface area contributed by atoms with Gasteiger partial charge < -0.3 is 10.3 Å². The van der Waals surface area contributed by atoms with Gasteiger partial charge in [0.25, 0.3) is 0 Å². The van der Waals surface area contributed by atoms with Crippen molar-refractivity contribution >= 4 is 17.4 Å². The van der Waals surface area contributed by atoms with Gasteiger partial charge in [0.1, 0.15) is 23.2 Å². The first kappa shape index (κ1) is 15.8. The minimum Gasteiger partial charge on any atom is -0.383 e. The molecule has 3 nitrogen and oxygen atoms in total. The molecule has 0 spiro atoms. The van der Waals surface area contributed by atoms with Gasteiger partial charge in [0, 0.05) is 23.0 Å². The molecule has 0 atom stereocenters. The highest BCUT2D eigenvalue weighted by atomic mass is 35.5. The van der Waals surface area contributed by atoms with Crippen LogP contribution in [0.3, 0.4) is 0 Å². The fourth-order valence-electron chi connectivity index (χ4n) is 2.38. The normalized spacial score (nSPS) is 11.6. The molecule has 2 rings (SSSR count). The summed E-state index contributed by atoms with van der Waals surface area (Å²) in [6.07, 6.45) is 0. The summed E-state index contributed by atoms with van der Waals surface area (Å²) in [5.41, 5.74) is 7.47. The first-order valence-electron chi connectivity index (χ1n) is 7.12. The second-order valence-corrected chi connectivity index (χ2v) is 6.46. The Morgan fingerprint density at radius 3 is 2.43 bits per heavy atom. The highest BCUT2D eigenvalue weighted by molar-refractivity contribution is 6.30. The van der Waals surface area contributed by atoms with Gasteiger partial charge in [0.2, 0.25) is 0 Å². The molecule has 0 fully saturated rings. The van der Waals surface area contributed by atoms with Crippen LogP contribution < -0.4 is 5.73 Å². The zero-order valence-corrected chi connectivity index (χ0v) is 13.6. The molecule has 0 radical (unpaired) electrons. The first-order chi connectivity index (χ1) is 9.79. The second kappa shape index (κ2) is 6.06. The van der Waals surface area contributed by atoms with Crippen LogP contribution in [0.25, 0.3) is 11.3 Å². The fraction of sp³-hybridized carbons (Fsp3) is 0.438. The van der Waals surface area contributed by atoms with Gasteiger partial charge in [0.15, 0.2) is 0 Å². The maximum absolute atomic E-state index is 13.6. The van der Waals surface area contributed by atoms with Gasteiger partial charge in [0.05, 0.1) is 0 Å². The number of anilines is 1. The molecule has 1 heterocycles. The Balaban J connectivity index is 2.59. The molecule has 114 valence electrons. The SMILES string of the molecule is CC(C)Cn1c(C(C)C)nc(-c2cc(F)cc(Cl)c2)c1N. The number of rotatable bonds is 4. The maximum Gasteiger partial charge on any atom is 0.131 e. The number of benzene rings is 1. The highest BCUT2D eigenvalue weighted by Gasteiger charge is 2.19. The fourth-order valence-corrected chi connectivity index (χ4v) is 2.61. The number of imidazole rings is 1. The molecular weight excluding hydrogens is 289 g/mol. The van der Waals surface area contributed by atoms with E-state index in [1.807, 2.05) is 4.57 Å². The summed E-state index contributed by atoms with van der Waals surface area (Å²) in [7, 11) is 0. The van der Waals surface area contributed by atoms with E-state index in [-0.39, 0.29) is 11.7 Å². The minimum absolute atomic E-state index is 0.240. The van der Waals surface area contributed by atoms with E-state index in [0.29, 0.717) is 28.0 Å². The molecule has 0 unspecified atom stereocenters. The van der Waals surface area contributed by atoms with Gasteiger partial charge in [-0.3, -0.25) is 0 Å². The lowest BCUT2D eigenvalue weighted by molar-refractivity contribution is 0.502. The third-order valence-corrected chi connectivity index (χ3v) is 3.45. The van der Waals surface area contributed by atoms with E-state index in [0.717, 1.165) is 12.4 Å². The van der Waals surface area contributed by atoms with Crippen LogP contribution in [0, 0.1) is 11.7 Å². The lowest BCUT2D eigenvalue weighted by Gasteiger charge is -2.14. The third-order valence-electron chi connectivity index (χ3n) is 3.24. The number of aromatic nitrogens is 2. The minimum atomic E-state index is -0.388. The quantitative estimate of drug-likeness (QED) is 0.889. The summed E-state index contributed by atoms with van der Waals surface area (Å²) >= 11 is 5.93. The van der Waals surface area contributed by atoms with Crippen molar-refractivity contribution < 1.29 is 4.39 Å².